The molecule has 0 fully saturated rings. The van der Waals surface area contributed by atoms with Gasteiger partial charge in [0.25, 0.3) is 0 Å². The molecule has 0 spiro atoms. The van der Waals surface area contributed by atoms with E-state index in [-0.39, 0.29) is 6.42 Å². The lowest BCUT2D eigenvalue weighted by Gasteiger charge is -2.27. The molecular formula is C13H25N3O5. The smallest absolute Gasteiger partial charge is 0.326 e. The number of aliphatic hydroxyl groups excluding tert-OH is 1. The van der Waals surface area contributed by atoms with E-state index in [4.69, 9.17) is 16.6 Å². The molecule has 0 aliphatic rings. The molecule has 0 aromatic carbocycles. The SMILES string of the molecule is CC(O)CC(=O)N(C(=O)C(N)CCCCN)C(C)C(=O)O. The van der Waals surface area contributed by atoms with Crippen molar-refractivity contribution < 1.29 is 24.6 Å². The lowest BCUT2D eigenvalue weighted by atomic mass is 10.1. The number of nitrogens with zero attached hydrogens (tertiary/aromatic N) is 1. The Kier molecular flexibility index (Phi) is 8.75. The number of hydrogen-bond donors (Lipinski definition) is 4. The first kappa shape index (κ1) is 19.5. The summed E-state index contributed by atoms with van der Waals surface area (Å²) in [5.74, 6) is -2.80. The fourth-order valence-electron chi connectivity index (χ4n) is 1.80. The third-order valence-electron chi connectivity index (χ3n) is 3.01. The first-order valence-corrected chi connectivity index (χ1v) is 6.94. The second-order valence-corrected chi connectivity index (χ2v) is 5.06. The van der Waals surface area contributed by atoms with Gasteiger partial charge >= 0.3 is 5.97 Å². The van der Waals surface area contributed by atoms with E-state index in [1.165, 1.54) is 13.8 Å². The van der Waals surface area contributed by atoms with Gasteiger partial charge in [0.15, 0.2) is 0 Å². The van der Waals surface area contributed by atoms with Gasteiger partial charge in [0.05, 0.1) is 18.6 Å². The molecule has 0 aromatic heterocycles. The molecule has 0 rings (SSSR count). The summed E-state index contributed by atoms with van der Waals surface area (Å²) < 4.78 is 0. The molecule has 0 bridgehead atoms. The highest BCUT2D eigenvalue weighted by molar-refractivity contribution is 6.01. The molecule has 6 N–H and O–H groups in total. The number of carboxylic acid groups (broad SMARTS) is 1. The summed E-state index contributed by atoms with van der Waals surface area (Å²) in [6.45, 7) is 3.08. The number of carboxylic acids is 1. The third kappa shape index (κ3) is 6.65. The Balaban J connectivity index is 4.98. The van der Waals surface area contributed by atoms with E-state index in [2.05, 4.69) is 0 Å². The maximum Gasteiger partial charge on any atom is 0.326 e. The Labute approximate surface area is 124 Å². The molecule has 21 heavy (non-hydrogen) atoms. The monoisotopic (exact) mass is 303 g/mol. The summed E-state index contributed by atoms with van der Waals surface area (Å²) in [5.41, 5.74) is 11.1. The highest BCUT2D eigenvalue weighted by Gasteiger charge is 2.34. The van der Waals surface area contributed by atoms with Crippen molar-refractivity contribution in [1.29, 1.82) is 0 Å². The van der Waals surface area contributed by atoms with E-state index in [0.29, 0.717) is 30.7 Å². The molecule has 0 aliphatic carbocycles. The number of carbonyl (C=O) groups is 3. The zero-order valence-electron chi connectivity index (χ0n) is 12.5. The fourth-order valence-corrected chi connectivity index (χ4v) is 1.80. The summed E-state index contributed by atoms with van der Waals surface area (Å²) in [6, 6.07) is -2.29. The molecule has 0 saturated heterocycles. The van der Waals surface area contributed by atoms with Crippen LogP contribution in [0.2, 0.25) is 0 Å². The minimum absolute atomic E-state index is 0.320. The molecule has 8 nitrogen and oxygen atoms in total. The standard InChI is InChI=1S/C13H25N3O5/c1-8(17)7-11(18)16(9(2)13(20)21)12(19)10(15)5-3-4-6-14/h8-10,17H,3-7,14-15H2,1-2H3,(H,20,21). The fraction of sp³-hybridized carbons (Fsp3) is 0.769. The number of amides is 2. The van der Waals surface area contributed by atoms with Gasteiger partial charge in [-0.3, -0.25) is 14.5 Å². The number of aliphatic carboxylic acids is 1. The van der Waals surface area contributed by atoms with Crippen molar-refractivity contribution in [3.63, 3.8) is 0 Å². The van der Waals surface area contributed by atoms with Crippen molar-refractivity contribution in [2.75, 3.05) is 6.54 Å². The molecule has 0 aliphatic heterocycles. The predicted octanol–water partition coefficient (Wildman–Crippen LogP) is -0.958. The van der Waals surface area contributed by atoms with Gasteiger partial charge in [0, 0.05) is 0 Å². The van der Waals surface area contributed by atoms with E-state index in [1.807, 2.05) is 0 Å². The Hall–Kier alpha value is -1.51. The van der Waals surface area contributed by atoms with Gasteiger partial charge in [-0.1, -0.05) is 6.42 Å². The van der Waals surface area contributed by atoms with Crippen LogP contribution in [-0.2, 0) is 14.4 Å². The molecule has 3 unspecified atom stereocenters. The van der Waals surface area contributed by atoms with Crippen LogP contribution >= 0.6 is 0 Å². The van der Waals surface area contributed by atoms with Crippen molar-refractivity contribution >= 4 is 17.8 Å². The summed E-state index contributed by atoms with van der Waals surface area (Å²) in [4.78, 5) is 35.9. The number of nitrogens with two attached hydrogens (primary N) is 2. The molecule has 0 aromatic rings. The van der Waals surface area contributed by atoms with Crippen molar-refractivity contribution in [1.82, 2.24) is 4.90 Å². The Morgan fingerprint density at radius 2 is 1.76 bits per heavy atom. The van der Waals surface area contributed by atoms with Crippen LogP contribution in [0, 0.1) is 0 Å². The topological polar surface area (TPSA) is 147 Å². The van der Waals surface area contributed by atoms with E-state index >= 15 is 0 Å². The number of carbonyl (C=O) groups excluding carboxylic acids is 2. The maximum absolute atomic E-state index is 12.2. The predicted molar refractivity (Wildman–Crippen MR) is 76.1 cm³/mol. The quantitative estimate of drug-likeness (QED) is 0.401. The van der Waals surface area contributed by atoms with Crippen LogP contribution in [0.3, 0.4) is 0 Å². The first-order chi connectivity index (χ1) is 9.72. The number of imide groups is 1. The van der Waals surface area contributed by atoms with E-state index in [1.54, 1.807) is 0 Å². The zero-order valence-corrected chi connectivity index (χ0v) is 12.5. The average Bonchev–Trinajstić information content (AvgIpc) is 2.37. The molecule has 122 valence electrons. The minimum atomic E-state index is -1.33. The summed E-state index contributed by atoms with van der Waals surface area (Å²) in [6.07, 6.45) is 0.322. The Morgan fingerprint density at radius 3 is 2.19 bits per heavy atom. The molecule has 0 heterocycles. The van der Waals surface area contributed by atoms with Crippen LogP contribution in [-0.4, -0.2) is 57.6 Å². The lowest BCUT2D eigenvalue weighted by Crippen LogP contribution is -2.53. The Morgan fingerprint density at radius 1 is 1.19 bits per heavy atom. The van der Waals surface area contributed by atoms with Gasteiger partial charge in [-0.2, -0.15) is 0 Å². The molecule has 8 heteroatoms. The van der Waals surface area contributed by atoms with Crippen LogP contribution in [0.25, 0.3) is 0 Å². The molecule has 3 atom stereocenters. The molecular weight excluding hydrogens is 278 g/mol. The average molecular weight is 303 g/mol. The largest absolute Gasteiger partial charge is 0.480 e. The number of unbranched alkanes of at least 4 members (excludes halogenated alkanes) is 1. The van der Waals surface area contributed by atoms with Crippen molar-refractivity contribution in [3.8, 4) is 0 Å². The third-order valence-corrected chi connectivity index (χ3v) is 3.01. The van der Waals surface area contributed by atoms with Gasteiger partial charge in [0.2, 0.25) is 11.8 Å². The van der Waals surface area contributed by atoms with Crippen LogP contribution in [0.5, 0.6) is 0 Å². The van der Waals surface area contributed by atoms with Crippen LogP contribution in [0.4, 0.5) is 0 Å². The number of hydrogen-bond acceptors (Lipinski definition) is 6. The summed E-state index contributed by atoms with van der Waals surface area (Å²) in [7, 11) is 0. The van der Waals surface area contributed by atoms with E-state index in [0.717, 1.165) is 0 Å². The van der Waals surface area contributed by atoms with Crippen LogP contribution in [0.15, 0.2) is 0 Å². The summed E-state index contributed by atoms with van der Waals surface area (Å²) in [5, 5.41) is 18.2. The Bertz CT molecular complexity index is 373. The van der Waals surface area contributed by atoms with Crippen molar-refractivity contribution in [2.45, 2.75) is 57.7 Å². The zero-order chi connectivity index (χ0) is 16.6. The van der Waals surface area contributed by atoms with Crippen molar-refractivity contribution in [2.24, 2.45) is 11.5 Å². The lowest BCUT2D eigenvalue weighted by molar-refractivity contribution is -0.158. The van der Waals surface area contributed by atoms with Gasteiger partial charge < -0.3 is 21.7 Å². The first-order valence-electron chi connectivity index (χ1n) is 6.94. The van der Waals surface area contributed by atoms with E-state index < -0.39 is 36.0 Å². The van der Waals surface area contributed by atoms with Gasteiger partial charge in [0.1, 0.15) is 6.04 Å². The summed E-state index contributed by atoms with van der Waals surface area (Å²) >= 11 is 0. The normalized spacial score (nSPS) is 15.1. The van der Waals surface area contributed by atoms with Crippen LogP contribution < -0.4 is 11.5 Å². The second kappa shape index (κ2) is 9.43. The highest BCUT2D eigenvalue weighted by atomic mass is 16.4. The minimum Gasteiger partial charge on any atom is -0.480 e. The highest BCUT2D eigenvalue weighted by Crippen LogP contribution is 2.10. The molecule has 2 amide bonds. The van der Waals surface area contributed by atoms with Gasteiger partial charge in [-0.25, -0.2) is 4.79 Å². The van der Waals surface area contributed by atoms with Crippen LogP contribution in [0.1, 0.15) is 39.5 Å². The molecule has 0 radical (unpaired) electrons. The van der Waals surface area contributed by atoms with Gasteiger partial charge in [-0.05, 0) is 33.2 Å². The van der Waals surface area contributed by atoms with Gasteiger partial charge in [-0.15, -0.1) is 0 Å². The number of rotatable bonds is 9. The maximum atomic E-state index is 12.2. The van der Waals surface area contributed by atoms with Crippen molar-refractivity contribution in [3.05, 3.63) is 0 Å². The second-order valence-electron chi connectivity index (χ2n) is 5.06. The van der Waals surface area contributed by atoms with E-state index in [9.17, 15) is 19.5 Å². The molecule has 0 saturated carbocycles. The number of aliphatic hydroxyl groups is 1.